The molecular weight excluding hydrogens is 336 g/mol. The number of likely N-dealkylation sites (tertiary alicyclic amines) is 1. The molecule has 0 radical (unpaired) electrons. The maximum absolute atomic E-state index is 5.42. The second-order valence-corrected chi connectivity index (χ2v) is 7.17. The van der Waals surface area contributed by atoms with E-state index in [2.05, 4.69) is 46.7 Å². The summed E-state index contributed by atoms with van der Waals surface area (Å²) in [5.41, 5.74) is 1.22. The van der Waals surface area contributed by atoms with Crippen LogP contribution in [-0.4, -0.2) is 43.1 Å². The lowest BCUT2D eigenvalue weighted by molar-refractivity contribution is 0.206. The molecule has 1 aliphatic heterocycles. The van der Waals surface area contributed by atoms with E-state index in [1.165, 1.54) is 44.5 Å². The monoisotopic (exact) mass is 368 g/mol. The van der Waals surface area contributed by atoms with Gasteiger partial charge in [0.15, 0.2) is 5.96 Å². The van der Waals surface area contributed by atoms with Gasteiger partial charge in [0.1, 0.15) is 5.76 Å². The number of benzene rings is 1. The Morgan fingerprint density at radius 3 is 2.67 bits per heavy atom. The maximum Gasteiger partial charge on any atom is 0.191 e. The first-order chi connectivity index (χ1) is 13.3. The molecule has 0 aliphatic carbocycles. The quantitative estimate of drug-likeness (QED) is 0.554. The molecule has 146 valence electrons. The van der Waals surface area contributed by atoms with Gasteiger partial charge < -0.3 is 20.0 Å². The number of furan rings is 1. The summed E-state index contributed by atoms with van der Waals surface area (Å²) < 4.78 is 5.42. The number of guanidine groups is 1. The number of hydrogen-bond donors (Lipinski definition) is 2. The van der Waals surface area contributed by atoms with Crippen molar-refractivity contribution in [3.05, 3.63) is 60.1 Å². The minimum atomic E-state index is 0.490. The van der Waals surface area contributed by atoms with Crippen LogP contribution in [0.4, 0.5) is 0 Å². The highest BCUT2D eigenvalue weighted by atomic mass is 16.3. The standard InChI is InChI=1S/C22H32N4O/c1-2-14-26-15-11-20(12-16-26)25-22(23-13-10-21-9-6-17-27-21)24-18-19-7-4-3-5-8-19/h3-9,17,20H,2,10-16,18H2,1H3,(H2,23,24,25). The Morgan fingerprint density at radius 2 is 1.96 bits per heavy atom. The zero-order valence-electron chi connectivity index (χ0n) is 16.4. The molecule has 5 heteroatoms. The van der Waals surface area contributed by atoms with Gasteiger partial charge in [-0.15, -0.1) is 0 Å². The Morgan fingerprint density at radius 1 is 1.15 bits per heavy atom. The summed E-state index contributed by atoms with van der Waals surface area (Å²) in [5.74, 6) is 1.90. The van der Waals surface area contributed by atoms with Crippen molar-refractivity contribution in [3.8, 4) is 0 Å². The van der Waals surface area contributed by atoms with Crippen LogP contribution in [0.2, 0.25) is 0 Å². The van der Waals surface area contributed by atoms with Crippen LogP contribution in [0.5, 0.6) is 0 Å². The first kappa shape index (κ1) is 19.5. The highest BCUT2D eigenvalue weighted by Crippen LogP contribution is 2.11. The lowest BCUT2D eigenvalue weighted by Gasteiger charge is -2.32. The Kier molecular flexibility index (Phi) is 7.78. The number of piperidine rings is 1. The molecule has 2 N–H and O–H groups in total. The molecular formula is C22H32N4O. The van der Waals surface area contributed by atoms with Gasteiger partial charge in [-0.25, -0.2) is 4.99 Å². The van der Waals surface area contributed by atoms with Crippen LogP contribution in [0.25, 0.3) is 0 Å². The van der Waals surface area contributed by atoms with E-state index >= 15 is 0 Å². The summed E-state index contributed by atoms with van der Waals surface area (Å²) in [4.78, 5) is 7.37. The molecule has 0 atom stereocenters. The first-order valence-electron chi connectivity index (χ1n) is 10.2. The van der Waals surface area contributed by atoms with E-state index in [0.29, 0.717) is 12.6 Å². The fraction of sp³-hybridized carbons (Fsp3) is 0.500. The van der Waals surface area contributed by atoms with E-state index < -0.39 is 0 Å². The zero-order chi connectivity index (χ0) is 18.7. The molecule has 0 saturated carbocycles. The fourth-order valence-corrected chi connectivity index (χ4v) is 3.48. The normalized spacial score (nSPS) is 16.4. The SMILES string of the molecule is CCCN1CCC(NC(=NCc2ccccc2)NCCc2ccco2)CC1. The van der Waals surface area contributed by atoms with Crippen LogP contribution in [-0.2, 0) is 13.0 Å². The Bertz CT molecular complexity index is 661. The van der Waals surface area contributed by atoms with Crippen molar-refractivity contribution in [3.63, 3.8) is 0 Å². The number of nitrogens with zero attached hydrogens (tertiary/aromatic N) is 2. The molecule has 1 saturated heterocycles. The summed E-state index contributed by atoms with van der Waals surface area (Å²) in [7, 11) is 0. The second kappa shape index (κ2) is 10.8. The molecule has 3 rings (SSSR count). The lowest BCUT2D eigenvalue weighted by Crippen LogP contribution is -2.49. The van der Waals surface area contributed by atoms with Crippen LogP contribution in [0.3, 0.4) is 0 Å². The van der Waals surface area contributed by atoms with Gasteiger partial charge in [0, 0.05) is 32.1 Å². The molecule has 1 fully saturated rings. The Balaban J connectivity index is 1.53. The van der Waals surface area contributed by atoms with Crippen molar-refractivity contribution in [2.45, 2.75) is 45.2 Å². The molecule has 0 bridgehead atoms. The molecule has 0 amide bonds. The van der Waals surface area contributed by atoms with Crippen molar-refractivity contribution < 1.29 is 4.42 Å². The fourth-order valence-electron chi connectivity index (χ4n) is 3.48. The third-order valence-corrected chi connectivity index (χ3v) is 4.97. The van der Waals surface area contributed by atoms with Crippen molar-refractivity contribution in [1.29, 1.82) is 0 Å². The molecule has 0 unspecified atom stereocenters. The first-order valence-corrected chi connectivity index (χ1v) is 10.2. The van der Waals surface area contributed by atoms with Crippen LogP contribution in [0, 0.1) is 0 Å². The molecule has 5 nitrogen and oxygen atoms in total. The van der Waals surface area contributed by atoms with E-state index in [4.69, 9.17) is 9.41 Å². The average Bonchev–Trinajstić information content (AvgIpc) is 3.22. The molecule has 1 aliphatic rings. The highest BCUT2D eigenvalue weighted by molar-refractivity contribution is 5.80. The molecule has 1 aromatic carbocycles. The Labute approximate surface area is 162 Å². The smallest absolute Gasteiger partial charge is 0.191 e. The van der Waals surface area contributed by atoms with Gasteiger partial charge in [0.2, 0.25) is 0 Å². The summed E-state index contributed by atoms with van der Waals surface area (Å²) in [6.45, 7) is 7.30. The Hall–Kier alpha value is -2.27. The summed E-state index contributed by atoms with van der Waals surface area (Å²) >= 11 is 0. The van der Waals surface area contributed by atoms with Crippen molar-refractivity contribution in [2.24, 2.45) is 4.99 Å². The molecule has 2 heterocycles. The van der Waals surface area contributed by atoms with Crippen LogP contribution < -0.4 is 10.6 Å². The van der Waals surface area contributed by atoms with Gasteiger partial charge in [0.25, 0.3) is 0 Å². The summed E-state index contributed by atoms with van der Waals surface area (Å²) in [6.07, 6.45) is 6.15. The third-order valence-electron chi connectivity index (χ3n) is 4.97. The van der Waals surface area contributed by atoms with E-state index in [0.717, 1.165) is 24.7 Å². The lowest BCUT2D eigenvalue weighted by atomic mass is 10.1. The van der Waals surface area contributed by atoms with E-state index in [1.807, 2.05) is 18.2 Å². The van der Waals surface area contributed by atoms with Crippen LogP contribution in [0.15, 0.2) is 58.1 Å². The molecule has 1 aromatic heterocycles. The van der Waals surface area contributed by atoms with E-state index in [1.54, 1.807) is 6.26 Å². The number of rotatable bonds is 8. The predicted octanol–water partition coefficient (Wildman–Crippen LogP) is 3.43. The molecule has 2 aromatic rings. The van der Waals surface area contributed by atoms with Gasteiger partial charge in [-0.05, 0) is 43.5 Å². The van der Waals surface area contributed by atoms with Crippen LogP contribution >= 0.6 is 0 Å². The van der Waals surface area contributed by atoms with Gasteiger partial charge in [0.05, 0.1) is 12.8 Å². The maximum atomic E-state index is 5.42. The highest BCUT2D eigenvalue weighted by Gasteiger charge is 2.19. The minimum absolute atomic E-state index is 0.490. The number of nitrogens with one attached hydrogen (secondary N) is 2. The molecule has 0 spiro atoms. The summed E-state index contributed by atoms with van der Waals surface area (Å²) in [6, 6.07) is 14.8. The van der Waals surface area contributed by atoms with Crippen molar-refractivity contribution in [2.75, 3.05) is 26.2 Å². The predicted molar refractivity (Wildman–Crippen MR) is 111 cm³/mol. The second-order valence-electron chi connectivity index (χ2n) is 7.17. The minimum Gasteiger partial charge on any atom is -0.469 e. The van der Waals surface area contributed by atoms with E-state index in [9.17, 15) is 0 Å². The topological polar surface area (TPSA) is 52.8 Å². The van der Waals surface area contributed by atoms with Gasteiger partial charge in [-0.3, -0.25) is 0 Å². The summed E-state index contributed by atoms with van der Waals surface area (Å²) in [5, 5.41) is 7.13. The average molecular weight is 369 g/mol. The zero-order valence-corrected chi connectivity index (χ0v) is 16.4. The molecule has 27 heavy (non-hydrogen) atoms. The van der Waals surface area contributed by atoms with Crippen LogP contribution in [0.1, 0.15) is 37.5 Å². The van der Waals surface area contributed by atoms with Crippen molar-refractivity contribution in [1.82, 2.24) is 15.5 Å². The third kappa shape index (κ3) is 6.75. The van der Waals surface area contributed by atoms with E-state index in [-0.39, 0.29) is 0 Å². The number of aliphatic imine (C=N–C) groups is 1. The van der Waals surface area contributed by atoms with Gasteiger partial charge in [-0.2, -0.15) is 0 Å². The van der Waals surface area contributed by atoms with Gasteiger partial charge in [-0.1, -0.05) is 37.3 Å². The van der Waals surface area contributed by atoms with Gasteiger partial charge >= 0.3 is 0 Å². The number of hydrogen-bond acceptors (Lipinski definition) is 3. The largest absolute Gasteiger partial charge is 0.469 e. The van der Waals surface area contributed by atoms with Crippen molar-refractivity contribution >= 4 is 5.96 Å².